The highest BCUT2D eigenvalue weighted by Crippen LogP contribution is 2.17. The Hall–Kier alpha value is -1.76. The van der Waals surface area contributed by atoms with Gasteiger partial charge < -0.3 is 10.4 Å². The fraction of sp³-hybridized carbons (Fsp3) is 0.417. The number of anilines is 2. The van der Waals surface area contributed by atoms with Crippen LogP contribution in [0.1, 0.15) is 19.8 Å². The lowest BCUT2D eigenvalue weighted by Gasteiger charge is -2.15. The van der Waals surface area contributed by atoms with Crippen LogP contribution in [0.2, 0.25) is 0 Å². The zero-order chi connectivity index (χ0) is 14.5. The fourth-order valence-electron chi connectivity index (χ4n) is 1.58. The quantitative estimate of drug-likeness (QED) is 0.709. The van der Waals surface area contributed by atoms with Crippen molar-refractivity contribution >= 4 is 27.4 Å². The van der Waals surface area contributed by atoms with E-state index in [1.807, 2.05) is 6.92 Å². The number of carboxylic acids is 1. The molecule has 0 radical (unpaired) electrons. The van der Waals surface area contributed by atoms with Crippen LogP contribution in [0.3, 0.4) is 0 Å². The van der Waals surface area contributed by atoms with Gasteiger partial charge in [0, 0.05) is 18.2 Å². The minimum Gasteiger partial charge on any atom is -0.481 e. The van der Waals surface area contributed by atoms with Gasteiger partial charge in [0.25, 0.3) is 0 Å². The van der Waals surface area contributed by atoms with Crippen LogP contribution in [-0.4, -0.2) is 31.8 Å². The van der Waals surface area contributed by atoms with E-state index in [1.54, 1.807) is 24.3 Å². The van der Waals surface area contributed by atoms with Crippen molar-refractivity contribution in [2.75, 3.05) is 16.3 Å². The standard InChI is InChI=1S/C12H18N2O4S/c1-9(6-7-12(15)16)13-10-4-3-5-11(8-10)14-19(2,17)18/h3-5,8-9,13-14H,6-7H2,1-2H3,(H,15,16). The van der Waals surface area contributed by atoms with Gasteiger partial charge in [-0.1, -0.05) is 6.07 Å². The zero-order valence-electron chi connectivity index (χ0n) is 10.9. The van der Waals surface area contributed by atoms with Crippen molar-refractivity contribution in [3.63, 3.8) is 0 Å². The van der Waals surface area contributed by atoms with Crippen LogP contribution in [0.15, 0.2) is 24.3 Å². The molecule has 106 valence electrons. The van der Waals surface area contributed by atoms with Crippen LogP contribution < -0.4 is 10.0 Å². The molecule has 1 atom stereocenters. The summed E-state index contributed by atoms with van der Waals surface area (Å²) < 4.78 is 24.6. The second-order valence-electron chi connectivity index (χ2n) is 4.43. The molecule has 1 unspecified atom stereocenters. The van der Waals surface area contributed by atoms with Crippen molar-refractivity contribution in [2.45, 2.75) is 25.8 Å². The number of hydrogen-bond donors (Lipinski definition) is 3. The highest BCUT2D eigenvalue weighted by Gasteiger charge is 2.07. The van der Waals surface area contributed by atoms with Gasteiger partial charge in [0.1, 0.15) is 0 Å². The van der Waals surface area contributed by atoms with E-state index in [-0.39, 0.29) is 12.5 Å². The van der Waals surface area contributed by atoms with E-state index in [1.165, 1.54) is 0 Å². The number of hydrogen-bond acceptors (Lipinski definition) is 4. The van der Waals surface area contributed by atoms with Crippen molar-refractivity contribution in [1.82, 2.24) is 0 Å². The Morgan fingerprint density at radius 1 is 1.37 bits per heavy atom. The van der Waals surface area contributed by atoms with Crippen LogP contribution in [-0.2, 0) is 14.8 Å². The Kier molecular flexibility index (Phi) is 5.17. The Morgan fingerprint density at radius 3 is 2.58 bits per heavy atom. The molecule has 6 nitrogen and oxygen atoms in total. The van der Waals surface area contributed by atoms with Crippen molar-refractivity contribution < 1.29 is 18.3 Å². The molecule has 7 heteroatoms. The first-order valence-electron chi connectivity index (χ1n) is 5.82. The predicted octanol–water partition coefficient (Wildman–Crippen LogP) is 1.72. The van der Waals surface area contributed by atoms with Gasteiger partial charge in [0.15, 0.2) is 0 Å². The van der Waals surface area contributed by atoms with Crippen LogP contribution in [0.5, 0.6) is 0 Å². The molecule has 0 heterocycles. The van der Waals surface area contributed by atoms with E-state index in [4.69, 9.17) is 5.11 Å². The number of aliphatic carboxylic acids is 1. The molecule has 0 bridgehead atoms. The Balaban J connectivity index is 2.64. The first-order valence-corrected chi connectivity index (χ1v) is 7.71. The predicted molar refractivity (Wildman–Crippen MR) is 74.9 cm³/mol. The summed E-state index contributed by atoms with van der Waals surface area (Å²) in [6.07, 6.45) is 1.68. The van der Waals surface area contributed by atoms with E-state index >= 15 is 0 Å². The van der Waals surface area contributed by atoms with Crippen LogP contribution in [0.25, 0.3) is 0 Å². The Morgan fingerprint density at radius 2 is 2.00 bits per heavy atom. The monoisotopic (exact) mass is 286 g/mol. The third kappa shape index (κ3) is 6.66. The average molecular weight is 286 g/mol. The third-order valence-corrected chi connectivity index (χ3v) is 2.98. The van der Waals surface area contributed by atoms with Gasteiger partial charge in [-0.2, -0.15) is 0 Å². The lowest BCUT2D eigenvalue weighted by atomic mass is 10.1. The van der Waals surface area contributed by atoms with Gasteiger partial charge in [-0.15, -0.1) is 0 Å². The maximum Gasteiger partial charge on any atom is 0.303 e. The van der Waals surface area contributed by atoms with E-state index in [2.05, 4.69) is 10.0 Å². The first kappa shape index (κ1) is 15.3. The molecule has 0 aliphatic carbocycles. The summed E-state index contributed by atoms with van der Waals surface area (Å²) in [4.78, 5) is 10.5. The Bertz CT molecular complexity index is 542. The molecule has 0 fully saturated rings. The fourth-order valence-corrected chi connectivity index (χ4v) is 2.14. The van der Waals surface area contributed by atoms with Gasteiger partial charge in [0.05, 0.1) is 11.9 Å². The number of carboxylic acid groups (broad SMARTS) is 1. The summed E-state index contributed by atoms with van der Waals surface area (Å²) in [5.74, 6) is -0.832. The Labute approximate surface area is 112 Å². The largest absolute Gasteiger partial charge is 0.481 e. The molecule has 1 aromatic carbocycles. The van der Waals surface area contributed by atoms with Crippen molar-refractivity contribution in [3.05, 3.63) is 24.3 Å². The molecule has 19 heavy (non-hydrogen) atoms. The molecule has 1 rings (SSSR count). The molecule has 0 aliphatic heterocycles. The van der Waals surface area contributed by atoms with Crippen LogP contribution in [0.4, 0.5) is 11.4 Å². The third-order valence-electron chi connectivity index (χ3n) is 2.37. The summed E-state index contributed by atoms with van der Waals surface area (Å²) in [7, 11) is -3.30. The highest BCUT2D eigenvalue weighted by atomic mass is 32.2. The summed E-state index contributed by atoms with van der Waals surface area (Å²) in [6.45, 7) is 1.87. The van der Waals surface area contributed by atoms with Crippen molar-refractivity contribution in [2.24, 2.45) is 0 Å². The van der Waals surface area contributed by atoms with Crippen molar-refractivity contribution in [1.29, 1.82) is 0 Å². The topological polar surface area (TPSA) is 95.5 Å². The first-order chi connectivity index (χ1) is 8.76. The van der Waals surface area contributed by atoms with Crippen LogP contribution in [0, 0.1) is 0 Å². The molecule has 1 aromatic rings. The maximum absolute atomic E-state index is 11.1. The average Bonchev–Trinajstić information content (AvgIpc) is 2.24. The lowest BCUT2D eigenvalue weighted by Crippen LogP contribution is -2.17. The molecule has 0 aliphatic rings. The molecule has 0 aromatic heterocycles. The number of rotatable bonds is 7. The summed E-state index contributed by atoms with van der Waals surface area (Å²) >= 11 is 0. The van der Waals surface area contributed by atoms with Gasteiger partial charge in [0.2, 0.25) is 10.0 Å². The number of nitrogens with one attached hydrogen (secondary N) is 2. The smallest absolute Gasteiger partial charge is 0.303 e. The lowest BCUT2D eigenvalue weighted by molar-refractivity contribution is -0.137. The number of carbonyl (C=O) groups is 1. The van der Waals surface area contributed by atoms with Crippen molar-refractivity contribution in [3.8, 4) is 0 Å². The van der Waals surface area contributed by atoms with E-state index < -0.39 is 16.0 Å². The van der Waals surface area contributed by atoms with Gasteiger partial charge in [-0.25, -0.2) is 8.42 Å². The SMILES string of the molecule is CC(CCC(=O)O)Nc1cccc(NS(C)(=O)=O)c1. The maximum atomic E-state index is 11.1. The molecule has 0 amide bonds. The summed E-state index contributed by atoms with van der Waals surface area (Å²) in [6, 6.07) is 6.82. The summed E-state index contributed by atoms with van der Waals surface area (Å²) in [5.41, 5.74) is 1.21. The molecule has 0 spiro atoms. The molecule has 3 N–H and O–H groups in total. The normalized spacial score (nSPS) is 12.7. The van der Waals surface area contributed by atoms with Gasteiger partial charge in [-0.05, 0) is 31.5 Å². The summed E-state index contributed by atoms with van der Waals surface area (Å²) in [5, 5.41) is 11.7. The zero-order valence-corrected chi connectivity index (χ0v) is 11.7. The molecular formula is C12H18N2O4S. The second kappa shape index (κ2) is 6.42. The van der Waals surface area contributed by atoms with Crippen LogP contribution >= 0.6 is 0 Å². The van der Waals surface area contributed by atoms with Gasteiger partial charge >= 0.3 is 5.97 Å². The van der Waals surface area contributed by atoms with Gasteiger partial charge in [-0.3, -0.25) is 9.52 Å². The number of sulfonamides is 1. The highest BCUT2D eigenvalue weighted by molar-refractivity contribution is 7.92. The minimum atomic E-state index is -3.30. The van der Waals surface area contributed by atoms with E-state index in [9.17, 15) is 13.2 Å². The molecule has 0 saturated carbocycles. The second-order valence-corrected chi connectivity index (χ2v) is 6.18. The molecular weight excluding hydrogens is 268 g/mol. The number of benzene rings is 1. The molecule has 0 saturated heterocycles. The van der Waals surface area contributed by atoms with E-state index in [0.717, 1.165) is 11.9 Å². The van der Waals surface area contributed by atoms with E-state index in [0.29, 0.717) is 12.1 Å². The minimum absolute atomic E-state index is 0.00964.